The number of anilines is 1. The van der Waals surface area contributed by atoms with Gasteiger partial charge in [-0.3, -0.25) is 0 Å². The maximum absolute atomic E-state index is 5.10. The fraction of sp³-hybridized carbons (Fsp3) is 0.250. The molecule has 2 nitrogen and oxygen atoms in total. The predicted molar refractivity (Wildman–Crippen MR) is 40.8 cm³/mol. The Labute approximate surface area is 60.4 Å². The second-order valence-electron chi connectivity index (χ2n) is 2.01. The summed E-state index contributed by atoms with van der Waals surface area (Å²) >= 11 is 0. The lowest BCUT2D eigenvalue weighted by molar-refractivity contribution is 0.561. The van der Waals surface area contributed by atoms with Crippen LogP contribution >= 0.6 is 0 Å². The van der Waals surface area contributed by atoms with Crippen molar-refractivity contribution < 1.29 is 4.42 Å². The first-order chi connectivity index (χ1) is 4.84. The molecule has 10 heavy (non-hydrogen) atoms. The van der Waals surface area contributed by atoms with Crippen molar-refractivity contribution in [2.45, 2.75) is 0 Å². The van der Waals surface area contributed by atoms with Crippen LogP contribution in [0.25, 0.3) is 0 Å². The Morgan fingerprint density at radius 2 is 2.60 bits per heavy atom. The Bertz CT molecular complexity index is 220. The molecular weight excluding hydrogens is 126 g/mol. The van der Waals surface area contributed by atoms with Crippen LogP contribution in [0.2, 0.25) is 0 Å². The van der Waals surface area contributed by atoms with E-state index in [1.165, 1.54) is 0 Å². The summed E-state index contributed by atoms with van der Waals surface area (Å²) in [7, 11) is 1.89. The largest absolute Gasteiger partial charge is 0.449 e. The van der Waals surface area contributed by atoms with E-state index in [0.29, 0.717) is 6.54 Å². The van der Waals surface area contributed by atoms with Gasteiger partial charge >= 0.3 is 0 Å². The first-order valence-electron chi connectivity index (χ1n) is 3.02. The van der Waals surface area contributed by atoms with E-state index in [2.05, 4.69) is 5.92 Å². The molecule has 0 aliphatic rings. The lowest BCUT2D eigenvalue weighted by Crippen LogP contribution is -2.15. The zero-order valence-corrected chi connectivity index (χ0v) is 5.87. The second kappa shape index (κ2) is 2.98. The smallest absolute Gasteiger partial charge is 0.195 e. The minimum Gasteiger partial charge on any atom is -0.449 e. The van der Waals surface area contributed by atoms with E-state index >= 15 is 0 Å². The third-order valence-corrected chi connectivity index (χ3v) is 1.21. The molecule has 0 radical (unpaired) electrons. The summed E-state index contributed by atoms with van der Waals surface area (Å²) in [5.41, 5.74) is 0. The van der Waals surface area contributed by atoms with Crippen molar-refractivity contribution in [3.63, 3.8) is 0 Å². The van der Waals surface area contributed by atoms with E-state index < -0.39 is 0 Å². The molecule has 1 aromatic rings. The van der Waals surface area contributed by atoms with Crippen LogP contribution in [0, 0.1) is 12.3 Å². The van der Waals surface area contributed by atoms with Crippen LogP contribution in [0.1, 0.15) is 0 Å². The zero-order chi connectivity index (χ0) is 7.40. The fourth-order valence-electron chi connectivity index (χ4n) is 0.702. The predicted octanol–water partition coefficient (Wildman–Crippen LogP) is 1.35. The lowest BCUT2D eigenvalue weighted by Gasteiger charge is -2.10. The molecule has 0 N–H and O–H groups in total. The van der Waals surface area contributed by atoms with Crippen LogP contribution in [-0.4, -0.2) is 13.6 Å². The molecule has 1 aromatic heterocycles. The molecule has 0 atom stereocenters. The topological polar surface area (TPSA) is 16.4 Å². The third kappa shape index (κ3) is 1.32. The number of hydrogen-bond donors (Lipinski definition) is 0. The van der Waals surface area contributed by atoms with Crippen LogP contribution in [0.3, 0.4) is 0 Å². The second-order valence-corrected chi connectivity index (χ2v) is 2.01. The van der Waals surface area contributed by atoms with Gasteiger partial charge in [-0.05, 0) is 6.07 Å². The maximum Gasteiger partial charge on any atom is 0.195 e. The Morgan fingerprint density at radius 1 is 1.80 bits per heavy atom. The van der Waals surface area contributed by atoms with E-state index in [4.69, 9.17) is 10.8 Å². The van der Waals surface area contributed by atoms with Crippen LogP contribution in [0.15, 0.2) is 22.8 Å². The average Bonchev–Trinajstić information content (AvgIpc) is 2.38. The Balaban J connectivity index is 2.61. The summed E-state index contributed by atoms with van der Waals surface area (Å²) in [6.45, 7) is 0.577. The van der Waals surface area contributed by atoms with Crippen molar-refractivity contribution in [2.24, 2.45) is 0 Å². The molecule has 0 aromatic carbocycles. The van der Waals surface area contributed by atoms with E-state index in [9.17, 15) is 0 Å². The Hall–Kier alpha value is -1.36. The van der Waals surface area contributed by atoms with Crippen LogP contribution in [0.5, 0.6) is 0 Å². The number of furan rings is 1. The molecule has 1 rings (SSSR count). The van der Waals surface area contributed by atoms with E-state index in [1.807, 2.05) is 24.1 Å². The van der Waals surface area contributed by atoms with Crippen molar-refractivity contribution >= 4 is 5.88 Å². The molecule has 0 bridgehead atoms. The van der Waals surface area contributed by atoms with Gasteiger partial charge in [-0.25, -0.2) is 0 Å². The molecule has 1 heterocycles. The Morgan fingerprint density at radius 3 is 3.10 bits per heavy atom. The van der Waals surface area contributed by atoms with Gasteiger partial charge in [-0.1, -0.05) is 5.92 Å². The third-order valence-electron chi connectivity index (χ3n) is 1.21. The van der Waals surface area contributed by atoms with Crippen molar-refractivity contribution in [2.75, 3.05) is 18.5 Å². The normalized spacial score (nSPS) is 8.80. The lowest BCUT2D eigenvalue weighted by atomic mass is 10.5. The highest BCUT2D eigenvalue weighted by Crippen LogP contribution is 2.10. The zero-order valence-electron chi connectivity index (χ0n) is 5.87. The van der Waals surface area contributed by atoms with Crippen molar-refractivity contribution in [1.29, 1.82) is 0 Å². The quantitative estimate of drug-likeness (QED) is 0.569. The fourth-order valence-corrected chi connectivity index (χ4v) is 0.702. The SMILES string of the molecule is C#CCN(C)c1ccco1. The number of terminal acetylenes is 1. The molecule has 0 aliphatic carbocycles. The van der Waals surface area contributed by atoms with Gasteiger partial charge in [-0.2, -0.15) is 0 Å². The molecule has 0 saturated heterocycles. The summed E-state index contributed by atoms with van der Waals surface area (Å²) in [5.74, 6) is 3.33. The summed E-state index contributed by atoms with van der Waals surface area (Å²) in [5, 5.41) is 0. The van der Waals surface area contributed by atoms with Crippen molar-refractivity contribution in [1.82, 2.24) is 0 Å². The van der Waals surface area contributed by atoms with Gasteiger partial charge < -0.3 is 9.32 Å². The van der Waals surface area contributed by atoms with Crippen molar-refractivity contribution in [3.05, 3.63) is 18.4 Å². The van der Waals surface area contributed by atoms with Crippen LogP contribution in [0.4, 0.5) is 5.88 Å². The molecule has 0 fully saturated rings. The molecule has 0 unspecified atom stereocenters. The van der Waals surface area contributed by atoms with Gasteiger partial charge in [-0.15, -0.1) is 6.42 Å². The molecule has 0 aliphatic heterocycles. The molecule has 52 valence electrons. The van der Waals surface area contributed by atoms with Gasteiger partial charge in [0.05, 0.1) is 12.8 Å². The van der Waals surface area contributed by atoms with Gasteiger partial charge in [0.2, 0.25) is 0 Å². The molecule has 0 saturated carbocycles. The van der Waals surface area contributed by atoms with Crippen molar-refractivity contribution in [3.8, 4) is 12.3 Å². The van der Waals surface area contributed by atoms with Crippen LogP contribution in [-0.2, 0) is 0 Å². The van der Waals surface area contributed by atoms with E-state index in [0.717, 1.165) is 5.88 Å². The van der Waals surface area contributed by atoms with E-state index in [-0.39, 0.29) is 0 Å². The van der Waals surface area contributed by atoms with Gasteiger partial charge in [0.15, 0.2) is 5.88 Å². The number of hydrogen-bond acceptors (Lipinski definition) is 2. The first kappa shape index (κ1) is 6.76. The monoisotopic (exact) mass is 135 g/mol. The first-order valence-corrected chi connectivity index (χ1v) is 3.02. The van der Waals surface area contributed by atoms with Gasteiger partial charge in [0, 0.05) is 13.1 Å². The van der Waals surface area contributed by atoms with Gasteiger partial charge in [0.1, 0.15) is 0 Å². The molecule has 0 spiro atoms. The average molecular weight is 135 g/mol. The summed E-state index contributed by atoms with van der Waals surface area (Å²) in [4.78, 5) is 1.86. The number of nitrogens with zero attached hydrogens (tertiary/aromatic N) is 1. The van der Waals surface area contributed by atoms with Crippen LogP contribution < -0.4 is 4.90 Å². The minimum absolute atomic E-state index is 0.577. The summed E-state index contributed by atoms with van der Waals surface area (Å²) in [6, 6.07) is 3.71. The highest BCUT2D eigenvalue weighted by molar-refractivity contribution is 5.34. The maximum atomic E-state index is 5.10. The number of rotatable bonds is 2. The minimum atomic E-state index is 0.577. The molecule has 2 heteroatoms. The van der Waals surface area contributed by atoms with Gasteiger partial charge in [0.25, 0.3) is 0 Å². The Kier molecular flexibility index (Phi) is 2.01. The molecular formula is C8H9NO. The highest BCUT2D eigenvalue weighted by atomic mass is 16.3. The standard InChI is InChI=1S/C8H9NO/c1-3-6-9(2)8-5-4-7-10-8/h1,4-5,7H,6H2,2H3. The molecule has 0 amide bonds. The summed E-state index contributed by atoms with van der Waals surface area (Å²) in [6.07, 6.45) is 6.73. The van der Waals surface area contributed by atoms with E-state index in [1.54, 1.807) is 6.26 Å². The highest BCUT2D eigenvalue weighted by Gasteiger charge is 1.98. The summed E-state index contributed by atoms with van der Waals surface area (Å²) < 4.78 is 5.08.